The summed E-state index contributed by atoms with van der Waals surface area (Å²) in [7, 11) is 0. The quantitative estimate of drug-likeness (QED) is 0.787. The molecule has 1 aromatic carbocycles. The van der Waals surface area contributed by atoms with Crippen molar-refractivity contribution in [3.63, 3.8) is 0 Å². The lowest BCUT2D eigenvalue weighted by Crippen LogP contribution is -2.54. The molecule has 0 unspecified atom stereocenters. The third-order valence-electron chi connectivity index (χ3n) is 2.55. The Morgan fingerprint density at radius 1 is 1.17 bits per heavy atom. The summed E-state index contributed by atoms with van der Waals surface area (Å²) in [5, 5.41) is 0. The van der Waals surface area contributed by atoms with Gasteiger partial charge in [-0.3, -0.25) is 4.90 Å². The number of aliphatic imine (C=N–C) groups is 2. The summed E-state index contributed by atoms with van der Waals surface area (Å²) in [5.41, 5.74) is 10.8. The van der Waals surface area contributed by atoms with Gasteiger partial charge in [-0.25, -0.2) is 13.8 Å². The number of hydrogen-bond acceptors (Lipinski definition) is 5. The molecule has 0 radical (unpaired) electrons. The number of halogens is 2. The SMILES string of the molecule is CC1(C)N=C(N)N=C(N)N1c1ccc(F)c(F)c1. The second-order valence-electron chi connectivity index (χ2n) is 4.37. The first kappa shape index (κ1) is 12.3. The van der Waals surface area contributed by atoms with Crippen molar-refractivity contribution in [3.05, 3.63) is 29.8 Å². The van der Waals surface area contributed by atoms with Crippen molar-refractivity contribution in [2.24, 2.45) is 21.5 Å². The molecule has 1 aromatic rings. The second kappa shape index (κ2) is 3.94. The summed E-state index contributed by atoms with van der Waals surface area (Å²) >= 11 is 0. The van der Waals surface area contributed by atoms with Crippen LogP contribution in [0.1, 0.15) is 13.8 Å². The molecule has 1 heterocycles. The van der Waals surface area contributed by atoms with Gasteiger partial charge in [0.1, 0.15) is 5.66 Å². The molecule has 5 nitrogen and oxygen atoms in total. The van der Waals surface area contributed by atoms with E-state index < -0.39 is 17.3 Å². The molecular weight excluding hydrogens is 240 g/mol. The predicted molar refractivity (Wildman–Crippen MR) is 66.2 cm³/mol. The highest BCUT2D eigenvalue weighted by Gasteiger charge is 2.33. The lowest BCUT2D eigenvalue weighted by molar-refractivity contribution is 0.503. The van der Waals surface area contributed by atoms with E-state index in [0.29, 0.717) is 5.69 Å². The Labute approximate surface area is 103 Å². The summed E-state index contributed by atoms with van der Waals surface area (Å²) in [6.07, 6.45) is 0. The summed E-state index contributed by atoms with van der Waals surface area (Å²) < 4.78 is 26.2. The smallest absolute Gasteiger partial charge is 0.220 e. The van der Waals surface area contributed by atoms with E-state index in [1.165, 1.54) is 11.0 Å². The van der Waals surface area contributed by atoms with E-state index in [1.807, 2.05) is 0 Å². The van der Waals surface area contributed by atoms with E-state index in [2.05, 4.69) is 9.98 Å². The molecule has 2 rings (SSSR count). The molecule has 0 saturated carbocycles. The molecule has 0 aromatic heterocycles. The van der Waals surface area contributed by atoms with Gasteiger partial charge in [0.15, 0.2) is 11.6 Å². The van der Waals surface area contributed by atoms with Gasteiger partial charge >= 0.3 is 0 Å². The fraction of sp³-hybridized carbons (Fsp3) is 0.273. The number of anilines is 1. The maximum absolute atomic E-state index is 13.2. The number of nitrogens with two attached hydrogens (primary N) is 2. The summed E-state index contributed by atoms with van der Waals surface area (Å²) in [4.78, 5) is 9.41. The van der Waals surface area contributed by atoms with Crippen molar-refractivity contribution in [2.75, 3.05) is 4.90 Å². The second-order valence-corrected chi connectivity index (χ2v) is 4.37. The zero-order valence-corrected chi connectivity index (χ0v) is 9.98. The van der Waals surface area contributed by atoms with Gasteiger partial charge in [0, 0.05) is 11.8 Å². The fourth-order valence-corrected chi connectivity index (χ4v) is 1.88. The Balaban J connectivity index is 2.50. The Morgan fingerprint density at radius 2 is 1.83 bits per heavy atom. The lowest BCUT2D eigenvalue weighted by Gasteiger charge is -2.38. The monoisotopic (exact) mass is 253 g/mol. The molecule has 18 heavy (non-hydrogen) atoms. The van der Waals surface area contributed by atoms with Crippen LogP contribution in [0.4, 0.5) is 14.5 Å². The Bertz CT molecular complexity index is 550. The van der Waals surface area contributed by atoms with Crippen LogP contribution in [0.15, 0.2) is 28.2 Å². The van der Waals surface area contributed by atoms with Crippen molar-refractivity contribution in [1.82, 2.24) is 0 Å². The van der Waals surface area contributed by atoms with E-state index in [9.17, 15) is 8.78 Å². The lowest BCUT2D eigenvalue weighted by atomic mass is 10.1. The van der Waals surface area contributed by atoms with Crippen LogP contribution in [0.2, 0.25) is 0 Å². The Morgan fingerprint density at radius 3 is 2.39 bits per heavy atom. The standard InChI is InChI=1S/C11H13F2N5/c1-11(2)17-9(14)16-10(15)18(11)6-3-4-7(12)8(13)5-6/h3-5H,1-2H3,(H4,14,15,16,17). The molecule has 96 valence electrons. The van der Waals surface area contributed by atoms with Gasteiger partial charge in [0.2, 0.25) is 11.9 Å². The average Bonchev–Trinajstić information content (AvgIpc) is 2.20. The molecular formula is C11H13F2N5. The molecule has 0 fully saturated rings. The van der Waals surface area contributed by atoms with Crippen LogP contribution >= 0.6 is 0 Å². The van der Waals surface area contributed by atoms with Gasteiger partial charge in [-0.2, -0.15) is 4.99 Å². The third-order valence-corrected chi connectivity index (χ3v) is 2.55. The summed E-state index contributed by atoms with van der Waals surface area (Å²) in [6, 6.07) is 3.46. The molecule has 0 bridgehead atoms. The van der Waals surface area contributed by atoms with Crippen molar-refractivity contribution >= 4 is 17.6 Å². The van der Waals surface area contributed by atoms with E-state index in [1.54, 1.807) is 13.8 Å². The van der Waals surface area contributed by atoms with Crippen molar-refractivity contribution < 1.29 is 8.78 Å². The van der Waals surface area contributed by atoms with Crippen LogP contribution in [0.25, 0.3) is 0 Å². The molecule has 0 aliphatic carbocycles. The predicted octanol–water partition coefficient (Wildman–Crippen LogP) is 1.15. The normalized spacial score (nSPS) is 18.3. The number of hydrogen-bond donors (Lipinski definition) is 2. The van der Waals surface area contributed by atoms with Crippen molar-refractivity contribution in [2.45, 2.75) is 19.5 Å². The first-order valence-corrected chi connectivity index (χ1v) is 5.26. The van der Waals surface area contributed by atoms with Gasteiger partial charge in [-0.15, -0.1) is 0 Å². The number of rotatable bonds is 1. The van der Waals surface area contributed by atoms with Crippen LogP contribution in [-0.2, 0) is 0 Å². The molecule has 0 atom stereocenters. The molecule has 1 aliphatic rings. The van der Waals surface area contributed by atoms with Crippen LogP contribution in [-0.4, -0.2) is 17.6 Å². The minimum absolute atomic E-state index is 0.0522. The highest BCUT2D eigenvalue weighted by atomic mass is 19.2. The first-order valence-electron chi connectivity index (χ1n) is 5.26. The molecule has 0 spiro atoms. The number of benzene rings is 1. The number of guanidine groups is 2. The van der Waals surface area contributed by atoms with Gasteiger partial charge in [-0.05, 0) is 26.0 Å². The molecule has 0 amide bonds. The van der Waals surface area contributed by atoms with E-state index >= 15 is 0 Å². The van der Waals surface area contributed by atoms with Crippen LogP contribution in [0.5, 0.6) is 0 Å². The van der Waals surface area contributed by atoms with E-state index in [-0.39, 0.29) is 11.9 Å². The summed E-state index contributed by atoms with van der Waals surface area (Å²) in [6.45, 7) is 3.48. The van der Waals surface area contributed by atoms with Gasteiger partial charge < -0.3 is 11.5 Å². The highest BCUT2D eigenvalue weighted by molar-refractivity contribution is 6.05. The van der Waals surface area contributed by atoms with Crippen LogP contribution in [0, 0.1) is 11.6 Å². The Kier molecular flexibility index (Phi) is 2.68. The maximum atomic E-state index is 13.2. The molecule has 0 saturated heterocycles. The minimum atomic E-state index is -0.960. The zero-order chi connectivity index (χ0) is 13.5. The molecule has 7 heteroatoms. The van der Waals surface area contributed by atoms with Crippen molar-refractivity contribution in [1.29, 1.82) is 0 Å². The van der Waals surface area contributed by atoms with E-state index in [4.69, 9.17) is 11.5 Å². The Hall–Kier alpha value is -2.18. The van der Waals surface area contributed by atoms with Crippen molar-refractivity contribution in [3.8, 4) is 0 Å². The summed E-state index contributed by atoms with van der Waals surface area (Å²) in [5.74, 6) is -1.75. The number of nitrogens with zero attached hydrogens (tertiary/aromatic N) is 3. The average molecular weight is 253 g/mol. The molecule has 4 N–H and O–H groups in total. The fourth-order valence-electron chi connectivity index (χ4n) is 1.88. The topological polar surface area (TPSA) is 80.0 Å². The molecule has 1 aliphatic heterocycles. The highest BCUT2D eigenvalue weighted by Crippen LogP contribution is 2.28. The largest absolute Gasteiger partial charge is 0.369 e. The first-order chi connectivity index (χ1) is 8.31. The van der Waals surface area contributed by atoms with Crippen LogP contribution in [0.3, 0.4) is 0 Å². The van der Waals surface area contributed by atoms with Gasteiger partial charge in [-0.1, -0.05) is 0 Å². The minimum Gasteiger partial charge on any atom is -0.369 e. The van der Waals surface area contributed by atoms with Crippen LogP contribution < -0.4 is 16.4 Å². The van der Waals surface area contributed by atoms with E-state index in [0.717, 1.165) is 12.1 Å². The zero-order valence-electron chi connectivity index (χ0n) is 9.98. The van der Waals surface area contributed by atoms with Gasteiger partial charge in [0.25, 0.3) is 0 Å². The maximum Gasteiger partial charge on any atom is 0.220 e. The third kappa shape index (κ3) is 1.99. The van der Waals surface area contributed by atoms with Gasteiger partial charge in [0.05, 0.1) is 0 Å².